The summed E-state index contributed by atoms with van der Waals surface area (Å²) in [5, 5.41) is 6.94. The highest BCUT2D eigenvalue weighted by molar-refractivity contribution is 6.45. The quantitative estimate of drug-likeness (QED) is 0.359. The summed E-state index contributed by atoms with van der Waals surface area (Å²) in [7, 11) is 3.06. The molecule has 1 aliphatic carbocycles. The third kappa shape index (κ3) is 5.87. The van der Waals surface area contributed by atoms with Crippen LogP contribution in [0.1, 0.15) is 35.1 Å². The Morgan fingerprint density at radius 2 is 1.90 bits per heavy atom. The molecule has 0 aliphatic heterocycles. The number of hydrogen-bond acceptors (Lipinski definition) is 5. The van der Waals surface area contributed by atoms with E-state index in [1.54, 1.807) is 13.2 Å². The Bertz CT molecular complexity index is 953. The number of carbonyl (C=O) groups is 1. The van der Waals surface area contributed by atoms with Gasteiger partial charge in [-0.25, -0.2) is 0 Å². The molecule has 0 spiro atoms. The third-order valence-corrected chi connectivity index (χ3v) is 5.30. The molecule has 2 aromatic rings. The van der Waals surface area contributed by atoms with E-state index < -0.39 is 0 Å². The van der Waals surface area contributed by atoms with E-state index in [-0.39, 0.29) is 5.91 Å². The van der Waals surface area contributed by atoms with E-state index in [1.807, 2.05) is 24.3 Å². The number of hydrogen-bond donors (Lipinski definition) is 1. The minimum Gasteiger partial charge on any atom is -0.493 e. The van der Waals surface area contributed by atoms with Crippen molar-refractivity contribution in [3.8, 4) is 11.5 Å². The Morgan fingerprint density at radius 3 is 2.65 bits per heavy atom. The van der Waals surface area contributed by atoms with Crippen molar-refractivity contribution >= 4 is 11.6 Å². The molecule has 0 fully saturated rings. The lowest BCUT2D eigenvalue weighted by molar-refractivity contribution is -0.114. The highest BCUT2D eigenvalue weighted by Crippen LogP contribution is 2.28. The first-order valence-electron chi connectivity index (χ1n) is 10.6. The van der Waals surface area contributed by atoms with Crippen LogP contribution in [0.3, 0.4) is 0 Å². The fourth-order valence-corrected chi connectivity index (χ4v) is 3.74. The summed E-state index contributed by atoms with van der Waals surface area (Å²) in [5.74, 6) is 1.06. The van der Waals surface area contributed by atoms with E-state index in [2.05, 4.69) is 29.2 Å². The van der Waals surface area contributed by atoms with Gasteiger partial charge in [-0.15, -0.1) is 0 Å². The molecular weight excluding hydrogens is 392 g/mol. The SMILES string of the molecule is C=CCOc1ccc(CCNC(=O)/C(=N\OC)c2ccc3c(c2)CCCC3)cc1OC. The van der Waals surface area contributed by atoms with Crippen molar-refractivity contribution in [3.63, 3.8) is 0 Å². The van der Waals surface area contributed by atoms with Crippen LogP contribution in [-0.4, -0.2) is 39.0 Å². The summed E-state index contributed by atoms with van der Waals surface area (Å²) < 4.78 is 11.0. The van der Waals surface area contributed by atoms with Gasteiger partial charge in [0.15, 0.2) is 17.2 Å². The summed E-state index contributed by atoms with van der Waals surface area (Å²) in [4.78, 5) is 17.8. The zero-order chi connectivity index (χ0) is 22.1. The Balaban J connectivity index is 1.63. The molecule has 0 aromatic heterocycles. The molecule has 0 unspecified atom stereocenters. The maximum atomic E-state index is 12.8. The van der Waals surface area contributed by atoms with Crippen LogP contribution in [-0.2, 0) is 28.9 Å². The van der Waals surface area contributed by atoms with Crippen LogP contribution in [0.4, 0.5) is 0 Å². The van der Waals surface area contributed by atoms with Crippen LogP contribution < -0.4 is 14.8 Å². The van der Waals surface area contributed by atoms with Crippen molar-refractivity contribution in [2.75, 3.05) is 27.4 Å². The van der Waals surface area contributed by atoms with Crippen molar-refractivity contribution in [2.45, 2.75) is 32.1 Å². The van der Waals surface area contributed by atoms with E-state index in [0.29, 0.717) is 36.8 Å². The van der Waals surface area contributed by atoms with Crippen LogP contribution >= 0.6 is 0 Å². The van der Waals surface area contributed by atoms with Crippen molar-refractivity contribution in [3.05, 3.63) is 71.3 Å². The Labute approximate surface area is 183 Å². The van der Waals surface area contributed by atoms with Crippen LogP contribution in [0.5, 0.6) is 11.5 Å². The second-order valence-corrected chi connectivity index (χ2v) is 7.40. The van der Waals surface area contributed by atoms with Crippen LogP contribution in [0.2, 0.25) is 0 Å². The van der Waals surface area contributed by atoms with Gasteiger partial charge in [-0.3, -0.25) is 4.79 Å². The molecule has 0 bridgehead atoms. The van der Waals surface area contributed by atoms with E-state index in [1.165, 1.54) is 31.1 Å². The smallest absolute Gasteiger partial charge is 0.273 e. The summed E-state index contributed by atoms with van der Waals surface area (Å²) >= 11 is 0. The molecule has 3 rings (SSSR count). The number of carbonyl (C=O) groups excluding carboxylic acids is 1. The molecule has 1 aliphatic rings. The average Bonchev–Trinajstić information content (AvgIpc) is 2.81. The van der Waals surface area contributed by atoms with Crippen molar-refractivity contribution in [2.24, 2.45) is 5.16 Å². The van der Waals surface area contributed by atoms with Gasteiger partial charge in [0.25, 0.3) is 5.91 Å². The number of benzene rings is 2. The van der Waals surface area contributed by atoms with Crippen molar-refractivity contribution in [1.29, 1.82) is 0 Å². The van der Waals surface area contributed by atoms with Crippen molar-refractivity contribution in [1.82, 2.24) is 5.32 Å². The molecule has 1 N–H and O–H groups in total. The summed E-state index contributed by atoms with van der Waals surface area (Å²) in [6.07, 6.45) is 6.87. The van der Waals surface area contributed by atoms with Crippen LogP contribution in [0, 0.1) is 0 Å². The number of rotatable bonds is 10. The van der Waals surface area contributed by atoms with Gasteiger partial charge >= 0.3 is 0 Å². The predicted octanol–water partition coefficient (Wildman–Crippen LogP) is 3.85. The van der Waals surface area contributed by atoms with E-state index in [0.717, 1.165) is 24.0 Å². The molecule has 0 radical (unpaired) electrons. The monoisotopic (exact) mass is 422 g/mol. The molecular formula is C25H30N2O4. The summed E-state index contributed by atoms with van der Waals surface area (Å²) in [6.45, 7) is 4.53. The molecule has 0 saturated carbocycles. The number of methoxy groups -OCH3 is 1. The zero-order valence-corrected chi connectivity index (χ0v) is 18.3. The highest BCUT2D eigenvalue weighted by atomic mass is 16.6. The third-order valence-electron chi connectivity index (χ3n) is 5.30. The van der Waals surface area contributed by atoms with Gasteiger partial charge < -0.3 is 19.6 Å². The minimum absolute atomic E-state index is 0.254. The van der Waals surface area contributed by atoms with Gasteiger partial charge in [0.2, 0.25) is 0 Å². The van der Waals surface area contributed by atoms with Gasteiger partial charge in [0.05, 0.1) is 7.11 Å². The van der Waals surface area contributed by atoms with Gasteiger partial charge in [-0.05, 0) is 67.0 Å². The van der Waals surface area contributed by atoms with Crippen LogP contribution in [0.25, 0.3) is 0 Å². The number of nitrogens with one attached hydrogen (secondary N) is 1. The standard InChI is InChI=1S/C25H30N2O4/c1-4-15-31-22-12-9-18(16-23(22)29-2)13-14-26-25(28)24(27-30-3)21-11-10-19-7-5-6-8-20(19)17-21/h4,9-12,16-17H,1,5-8,13-15H2,2-3H3,(H,26,28)/b27-24-. The summed E-state index contributed by atoms with van der Waals surface area (Å²) in [5.41, 5.74) is 4.77. The van der Waals surface area contributed by atoms with Gasteiger partial charge in [0.1, 0.15) is 13.7 Å². The Kier molecular flexibility index (Phi) is 8.10. The van der Waals surface area contributed by atoms with Gasteiger partial charge in [-0.1, -0.05) is 36.0 Å². The second kappa shape index (κ2) is 11.2. The van der Waals surface area contributed by atoms with Gasteiger partial charge in [-0.2, -0.15) is 0 Å². The first-order valence-corrected chi connectivity index (χ1v) is 10.6. The van der Waals surface area contributed by atoms with Gasteiger partial charge in [0, 0.05) is 12.1 Å². The lowest BCUT2D eigenvalue weighted by Gasteiger charge is -2.17. The lowest BCUT2D eigenvalue weighted by atomic mass is 9.89. The molecule has 0 atom stereocenters. The Morgan fingerprint density at radius 1 is 1.10 bits per heavy atom. The number of amides is 1. The molecule has 1 amide bonds. The average molecular weight is 423 g/mol. The molecule has 0 saturated heterocycles. The highest BCUT2D eigenvalue weighted by Gasteiger charge is 2.18. The topological polar surface area (TPSA) is 69.2 Å². The molecule has 2 aromatic carbocycles. The minimum atomic E-state index is -0.254. The number of nitrogens with zero attached hydrogens (tertiary/aromatic N) is 1. The molecule has 6 heteroatoms. The number of ether oxygens (including phenoxy) is 2. The number of oxime groups is 1. The fourth-order valence-electron chi connectivity index (χ4n) is 3.74. The summed E-state index contributed by atoms with van der Waals surface area (Å²) in [6, 6.07) is 11.9. The normalized spacial score (nSPS) is 13.2. The van der Waals surface area contributed by atoms with Crippen molar-refractivity contribution < 1.29 is 19.1 Å². The number of fused-ring (bicyclic) bond motifs is 1. The van der Waals surface area contributed by atoms with E-state index >= 15 is 0 Å². The Hall–Kier alpha value is -3.28. The van der Waals surface area contributed by atoms with E-state index in [9.17, 15) is 4.79 Å². The maximum Gasteiger partial charge on any atom is 0.273 e. The maximum absolute atomic E-state index is 12.8. The van der Waals surface area contributed by atoms with Crippen LogP contribution in [0.15, 0.2) is 54.2 Å². The zero-order valence-electron chi connectivity index (χ0n) is 18.3. The first kappa shape index (κ1) is 22.4. The van der Waals surface area contributed by atoms with E-state index in [4.69, 9.17) is 14.3 Å². The molecule has 6 nitrogen and oxygen atoms in total. The molecule has 31 heavy (non-hydrogen) atoms. The largest absolute Gasteiger partial charge is 0.493 e. The molecule has 0 heterocycles. The number of aryl methyl sites for hydroxylation is 2. The lowest BCUT2D eigenvalue weighted by Crippen LogP contribution is -2.33. The molecule has 164 valence electrons. The second-order valence-electron chi connectivity index (χ2n) is 7.40. The predicted molar refractivity (Wildman–Crippen MR) is 122 cm³/mol. The fraction of sp³-hybridized carbons (Fsp3) is 0.360. The first-order chi connectivity index (χ1) is 15.2.